The number of hydrogen-bond donors (Lipinski definition) is 1. The first-order chi connectivity index (χ1) is 9.94. The molecule has 108 valence electrons. The number of anilines is 1. The summed E-state index contributed by atoms with van der Waals surface area (Å²) < 4.78 is 26.6. The van der Waals surface area contributed by atoms with Crippen LogP contribution >= 0.6 is 0 Å². The molecule has 0 saturated carbocycles. The van der Waals surface area contributed by atoms with Crippen molar-refractivity contribution in [3.05, 3.63) is 64.2 Å². The predicted molar refractivity (Wildman–Crippen MR) is 75.7 cm³/mol. The van der Waals surface area contributed by atoms with E-state index in [1.807, 2.05) is 0 Å². The van der Waals surface area contributed by atoms with E-state index in [4.69, 9.17) is 0 Å². The van der Waals surface area contributed by atoms with Crippen LogP contribution in [0, 0.1) is 10.1 Å². The Hall–Kier alpha value is -2.74. The maximum Gasteiger partial charge on any atom is 0.289 e. The fourth-order valence-corrected chi connectivity index (χ4v) is 2.91. The molecule has 2 aromatic carbocycles. The van der Waals surface area contributed by atoms with Crippen LogP contribution < -0.4 is 4.72 Å². The van der Waals surface area contributed by atoms with Crippen LogP contribution in [0.1, 0.15) is 10.4 Å². The Labute approximate surface area is 120 Å². The van der Waals surface area contributed by atoms with Gasteiger partial charge in [0.15, 0.2) is 4.90 Å². The van der Waals surface area contributed by atoms with Gasteiger partial charge in [0.1, 0.15) is 6.29 Å². The van der Waals surface area contributed by atoms with Gasteiger partial charge in [0.05, 0.1) is 4.92 Å². The van der Waals surface area contributed by atoms with Gasteiger partial charge in [-0.25, -0.2) is 8.42 Å². The van der Waals surface area contributed by atoms with Crippen LogP contribution in [0.4, 0.5) is 11.4 Å². The third kappa shape index (κ3) is 3.23. The molecule has 2 aromatic rings. The maximum atomic E-state index is 12.2. The molecule has 0 spiro atoms. The first kappa shape index (κ1) is 14.7. The molecular formula is C13H10N2O5S. The minimum Gasteiger partial charge on any atom is -0.298 e. The molecule has 0 aromatic heterocycles. The van der Waals surface area contributed by atoms with Crippen molar-refractivity contribution in [2.75, 3.05) is 4.72 Å². The molecule has 21 heavy (non-hydrogen) atoms. The number of nitro benzene ring substituents is 1. The van der Waals surface area contributed by atoms with Gasteiger partial charge in [0.25, 0.3) is 15.7 Å². The van der Waals surface area contributed by atoms with Gasteiger partial charge in [0.2, 0.25) is 0 Å². The van der Waals surface area contributed by atoms with E-state index in [1.165, 1.54) is 36.4 Å². The van der Waals surface area contributed by atoms with Crippen molar-refractivity contribution in [3.63, 3.8) is 0 Å². The molecule has 0 amide bonds. The molecule has 0 heterocycles. The van der Waals surface area contributed by atoms with Crippen molar-refractivity contribution in [3.8, 4) is 0 Å². The Morgan fingerprint density at radius 3 is 2.24 bits per heavy atom. The molecule has 2 rings (SSSR count). The molecule has 0 aliphatic rings. The number of nitrogens with zero attached hydrogens (tertiary/aromatic N) is 1. The highest BCUT2D eigenvalue weighted by molar-refractivity contribution is 7.92. The van der Waals surface area contributed by atoms with Crippen molar-refractivity contribution >= 4 is 27.7 Å². The summed E-state index contributed by atoms with van der Waals surface area (Å²) in [6.45, 7) is 0. The molecule has 1 N–H and O–H groups in total. The number of rotatable bonds is 5. The van der Waals surface area contributed by atoms with Gasteiger partial charge in [0, 0.05) is 17.3 Å². The number of nitrogens with one attached hydrogen (secondary N) is 1. The minimum absolute atomic E-state index is 0.207. The molecule has 8 heteroatoms. The quantitative estimate of drug-likeness (QED) is 0.518. The average Bonchev–Trinajstić information content (AvgIpc) is 2.47. The minimum atomic E-state index is -4.09. The molecule has 0 aliphatic carbocycles. The molecule has 0 radical (unpaired) electrons. The zero-order valence-corrected chi connectivity index (χ0v) is 11.4. The topological polar surface area (TPSA) is 106 Å². The van der Waals surface area contributed by atoms with E-state index >= 15 is 0 Å². The van der Waals surface area contributed by atoms with Gasteiger partial charge in [-0.2, -0.15) is 0 Å². The molecule has 0 aliphatic heterocycles. The lowest BCUT2D eigenvalue weighted by atomic mass is 10.2. The Bertz CT molecular complexity index is 784. The number of sulfonamides is 1. The molecule has 0 unspecified atom stereocenters. The molecule has 0 saturated heterocycles. The summed E-state index contributed by atoms with van der Waals surface area (Å²) in [5, 5.41) is 10.9. The van der Waals surface area contributed by atoms with E-state index < -0.39 is 25.5 Å². The van der Waals surface area contributed by atoms with Crippen LogP contribution in [0.25, 0.3) is 0 Å². The zero-order valence-electron chi connectivity index (χ0n) is 10.6. The van der Waals surface area contributed by atoms with Crippen molar-refractivity contribution in [1.82, 2.24) is 0 Å². The molecule has 0 atom stereocenters. The second-order valence-electron chi connectivity index (χ2n) is 4.07. The predicted octanol–water partition coefficient (Wildman–Crippen LogP) is 2.21. The molecular weight excluding hydrogens is 296 g/mol. The van der Waals surface area contributed by atoms with Gasteiger partial charge >= 0.3 is 0 Å². The highest BCUT2D eigenvalue weighted by Gasteiger charge is 2.24. The number of benzene rings is 2. The van der Waals surface area contributed by atoms with Gasteiger partial charge in [-0.3, -0.25) is 19.6 Å². The van der Waals surface area contributed by atoms with E-state index in [0.29, 0.717) is 11.8 Å². The normalized spacial score (nSPS) is 10.9. The van der Waals surface area contributed by atoms with Crippen LogP contribution in [0.3, 0.4) is 0 Å². The summed E-state index contributed by atoms with van der Waals surface area (Å²) in [7, 11) is -4.09. The molecule has 0 fully saturated rings. The van der Waals surface area contributed by atoms with Crippen LogP contribution in [0.5, 0.6) is 0 Å². The fraction of sp³-hybridized carbons (Fsp3) is 0. The third-order valence-corrected chi connectivity index (χ3v) is 4.08. The van der Waals surface area contributed by atoms with E-state index in [2.05, 4.69) is 4.72 Å². The van der Waals surface area contributed by atoms with Gasteiger partial charge in [-0.05, 0) is 30.3 Å². The number of hydrogen-bond acceptors (Lipinski definition) is 5. The smallest absolute Gasteiger partial charge is 0.289 e. The summed E-state index contributed by atoms with van der Waals surface area (Å²) in [4.78, 5) is 20.2. The fourth-order valence-electron chi connectivity index (χ4n) is 1.68. The first-order valence-electron chi connectivity index (χ1n) is 5.75. The number of aldehydes is 1. The third-order valence-electron chi connectivity index (χ3n) is 2.65. The largest absolute Gasteiger partial charge is 0.298 e. The van der Waals surface area contributed by atoms with Crippen LogP contribution in [-0.4, -0.2) is 19.6 Å². The maximum absolute atomic E-state index is 12.2. The average molecular weight is 306 g/mol. The van der Waals surface area contributed by atoms with Crippen LogP contribution in [-0.2, 0) is 10.0 Å². The zero-order chi connectivity index (χ0) is 15.5. The summed E-state index contributed by atoms with van der Waals surface area (Å²) >= 11 is 0. The second kappa shape index (κ2) is 5.71. The summed E-state index contributed by atoms with van der Waals surface area (Å²) in [5.41, 5.74) is 0.0944. The Kier molecular flexibility index (Phi) is 3.99. The van der Waals surface area contributed by atoms with Gasteiger partial charge in [-0.1, -0.05) is 12.1 Å². The number of carbonyl (C=O) groups excluding carboxylic acids is 1. The van der Waals surface area contributed by atoms with Crippen molar-refractivity contribution < 1.29 is 18.1 Å². The van der Waals surface area contributed by atoms with Gasteiger partial charge in [-0.15, -0.1) is 0 Å². The van der Waals surface area contributed by atoms with Crippen molar-refractivity contribution in [2.45, 2.75) is 4.90 Å². The standard InChI is InChI=1S/C13H10N2O5S/c16-9-10-5-7-11(8-6-10)14-21(19,20)13-4-2-1-3-12(13)15(17)18/h1-9,14H. The summed E-state index contributed by atoms with van der Waals surface area (Å²) in [5.74, 6) is 0. The summed E-state index contributed by atoms with van der Waals surface area (Å²) in [6, 6.07) is 10.7. The lowest BCUT2D eigenvalue weighted by molar-refractivity contribution is -0.387. The van der Waals surface area contributed by atoms with Gasteiger partial charge < -0.3 is 0 Å². The lowest BCUT2D eigenvalue weighted by Gasteiger charge is -2.08. The Balaban J connectivity index is 2.38. The highest BCUT2D eigenvalue weighted by atomic mass is 32.2. The molecule has 7 nitrogen and oxygen atoms in total. The Morgan fingerprint density at radius 2 is 1.67 bits per heavy atom. The van der Waals surface area contributed by atoms with E-state index in [1.54, 1.807) is 0 Å². The Morgan fingerprint density at radius 1 is 1.05 bits per heavy atom. The highest BCUT2D eigenvalue weighted by Crippen LogP contribution is 2.25. The molecule has 0 bridgehead atoms. The first-order valence-corrected chi connectivity index (χ1v) is 7.24. The number of nitro groups is 1. The van der Waals surface area contributed by atoms with E-state index in [-0.39, 0.29) is 5.69 Å². The van der Waals surface area contributed by atoms with Crippen LogP contribution in [0.2, 0.25) is 0 Å². The van der Waals surface area contributed by atoms with E-state index in [0.717, 1.165) is 12.1 Å². The lowest BCUT2D eigenvalue weighted by Crippen LogP contribution is -2.14. The van der Waals surface area contributed by atoms with Crippen LogP contribution in [0.15, 0.2) is 53.4 Å². The number of para-hydroxylation sites is 1. The number of carbonyl (C=O) groups is 1. The second-order valence-corrected chi connectivity index (χ2v) is 5.72. The van der Waals surface area contributed by atoms with E-state index in [9.17, 15) is 23.3 Å². The SMILES string of the molecule is O=Cc1ccc(NS(=O)(=O)c2ccccc2[N+](=O)[O-])cc1. The van der Waals surface area contributed by atoms with Crippen molar-refractivity contribution in [1.29, 1.82) is 0 Å². The summed E-state index contributed by atoms with van der Waals surface area (Å²) in [6.07, 6.45) is 0.625. The monoisotopic (exact) mass is 306 g/mol. The van der Waals surface area contributed by atoms with Crippen molar-refractivity contribution in [2.24, 2.45) is 0 Å².